The van der Waals surface area contributed by atoms with Crippen LogP contribution in [0.2, 0.25) is 0 Å². The summed E-state index contributed by atoms with van der Waals surface area (Å²) in [5, 5.41) is 12.8. The molecule has 0 aliphatic heterocycles. The highest BCUT2D eigenvalue weighted by molar-refractivity contribution is 5.83. The van der Waals surface area contributed by atoms with Crippen molar-refractivity contribution in [2.45, 2.75) is 46.6 Å². The molecule has 0 bridgehead atoms. The van der Waals surface area contributed by atoms with Gasteiger partial charge in [0.25, 0.3) is 5.56 Å². The predicted octanol–water partition coefficient (Wildman–Crippen LogP) is 2.47. The summed E-state index contributed by atoms with van der Waals surface area (Å²) < 4.78 is 18.9. The van der Waals surface area contributed by atoms with E-state index in [9.17, 15) is 9.59 Å². The van der Waals surface area contributed by atoms with Gasteiger partial charge in [-0.25, -0.2) is 9.36 Å². The Balaban J connectivity index is 1.46. The fraction of sp³-hybridized carbons (Fsp3) is 0.538. The van der Waals surface area contributed by atoms with Crippen molar-refractivity contribution in [3.63, 3.8) is 0 Å². The average Bonchev–Trinajstić information content (AvgIpc) is 3.21. The molecular formula is C26H37N5O5. The molecule has 0 unspecified atom stereocenters. The molecule has 10 heteroatoms. The number of hydrogen-bond acceptors (Lipinski definition) is 7. The molecule has 36 heavy (non-hydrogen) atoms. The molecule has 3 aromatic rings. The van der Waals surface area contributed by atoms with E-state index in [0.717, 1.165) is 34.4 Å². The maximum absolute atomic E-state index is 13.1. The molecule has 0 fully saturated rings. The van der Waals surface area contributed by atoms with Gasteiger partial charge in [0.05, 0.1) is 48.9 Å². The number of aryl methyl sites for hydroxylation is 4. The zero-order valence-corrected chi connectivity index (χ0v) is 21.7. The van der Waals surface area contributed by atoms with Gasteiger partial charge in [-0.2, -0.15) is 10.2 Å². The summed E-state index contributed by atoms with van der Waals surface area (Å²) in [6, 6.07) is 8.00. The minimum absolute atomic E-state index is 0.0526. The number of nitrogens with one attached hydrogen (secondary N) is 1. The summed E-state index contributed by atoms with van der Waals surface area (Å²) in [5.41, 5.74) is 3.84. The van der Waals surface area contributed by atoms with Gasteiger partial charge in [-0.3, -0.25) is 9.59 Å². The van der Waals surface area contributed by atoms with Crippen molar-refractivity contribution in [3.8, 4) is 5.69 Å². The second kappa shape index (κ2) is 13.9. The standard InChI is InChI=1S/C26H37N5O5/c1-19-8-10-22(11-9-19)31-21(3)24-20(2)28-30(26(33)25(24)29-31)13-5-7-23(32)27-12-6-14-35-17-18-36-16-15-34-4/h8-11H,5-7,12-18H2,1-4H3,(H,27,32). The van der Waals surface area contributed by atoms with Crippen LogP contribution in [0.3, 0.4) is 0 Å². The van der Waals surface area contributed by atoms with Crippen LogP contribution < -0.4 is 10.9 Å². The van der Waals surface area contributed by atoms with E-state index in [4.69, 9.17) is 14.2 Å². The third-order valence-electron chi connectivity index (χ3n) is 5.83. The third kappa shape index (κ3) is 7.46. The molecule has 0 atom stereocenters. The number of benzene rings is 1. The molecular weight excluding hydrogens is 462 g/mol. The third-order valence-corrected chi connectivity index (χ3v) is 5.83. The maximum Gasteiger partial charge on any atom is 0.295 e. The maximum atomic E-state index is 13.1. The SMILES string of the molecule is COCCOCCOCCCNC(=O)CCCn1nc(C)c2c(C)n(-c3ccc(C)cc3)nc2c1=O. The first-order valence-corrected chi connectivity index (χ1v) is 12.4. The summed E-state index contributed by atoms with van der Waals surface area (Å²) >= 11 is 0. The highest BCUT2D eigenvalue weighted by atomic mass is 16.5. The highest BCUT2D eigenvalue weighted by Gasteiger charge is 2.17. The second-order valence-corrected chi connectivity index (χ2v) is 8.69. The van der Waals surface area contributed by atoms with Gasteiger partial charge in [0.2, 0.25) is 5.91 Å². The molecule has 0 aliphatic carbocycles. The summed E-state index contributed by atoms with van der Waals surface area (Å²) in [6.45, 7) is 9.49. The van der Waals surface area contributed by atoms with E-state index >= 15 is 0 Å². The van der Waals surface area contributed by atoms with Crippen LogP contribution in [-0.4, -0.2) is 72.2 Å². The fourth-order valence-electron chi connectivity index (χ4n) is 3.92. The van der Waals surface area contributed by atoms with E-state index in [-0.39, 0.29) is 11.5 Å². The van der Waals surface area contributed by atoms with E-state index in [2.05, 4.69) is 15.5 Å². The molecule has 0 saturated carbocycles. The number of carbonyl (C=O) groups excluding carboxylic acids is 1. The molecule has 2 heterocycles. The van der Waals surface area contributed by atoms with E-state index in [1.807, 2.05) is 45.0 Å². The number of amides is 1. The van der Waals surface area contributed by atoms with Gasteiger partial charge in [-0.15, -0.1) is 0 Å². The van der Waals surface area contributed by atoms with E-state index in [1.165, 1.54) is 4.68 Å². The number of ether oxygens (including phenoxy) is 3. The van der Waals surface area contributed by atoms with Crippen molar-refractivity contribution in [3.05, 3.63) is 51.6 Å². The first-order chi connectivity index (χ1) is 17.4. The molecule has 1 aromatic carbocycles. The van der Waals surface area contributed by atoms with E-state index in [0.29, 0.717) is 64.5 Å². The summed E-state index contributed by atoms with van der Waals surface area (Å²) in [6.07, 6.45) is 1.55. The normalized spacial score (nSPS) is 11.3. The quantitative estimate of drug-likeness (QED) is 0.320. The Morgan fingerprint density at radius 3 is 2.36 bits per heavy atom. The Labute approximate surface area is 211 Å². The predicted molar refractivity (Wildman–Crippen MR) is 138 cm³/mol. The van der Waals surface area contributed by atoms with Gasteiger partial charge < -0.3 is 19.5 Å². The Morgan fingerprint density at radius 2 is 1.64 bits per heavy atom. The zero-order chi connectivity index (χ0) is 25.9. The second-order valence-electron chi connectivity index (χ2n) is 8.69. The number of methoxy groups -OCH3 is 1. The minimum atomic E-state index is -0.242. The van der Waals surface area contributed by atoms with Crippen LogP contribution in [0.15, 0.2) is 29.1 Å². The van der Waals surface area contributed by atoms with Crippen molar-refractivity contribution in [1.29, 1.82) is 0 Å². The van der Waals surface area contributed by atoms with Crippen molar-refractivity contribution in [2.24, 2.45) is 0 Å². The molecule has 0 aliphatic rings. The Bertz CT molecular complexity index is 1190. The van der Waals surface area contributed by atoms with Crippen LogP contribution in [0, 0.1) is 20.8 Å². The fourth-order valence-corrected chi connectivity index (χ4v) is 3.92. The monoisotopic (exact) mass is 499 g/mol. The number of fused-ring (bicyclic) bond motifs is 1. The Hall–Kier alpha value is -3.08. The van der Waals surface area contributed by atoms with E-state index < -0.39 is 0 Å². The molecule has 1 N–H and O–H groups in total. The van der Waals surface area contributed by atoms with Gasteiger partial charge in [-0.1, -0.05) is 17.7 Å². The number of aromatic nitrogens is 4. The smallest absolute Gasteiger partial charge is 0.295 e. The van der Waals surface area contributed by atoms with Crippen LogP contribution in [0.4, 0.5) is 0 Å². The molecule has 10 nitrogen and oxygen atoms in total. The van der Waals surface area contributed by atoms with Crippen LogP contribution in [0.5, 0.6) is 0 Å². The summed E-state index contributed by atoms with van der Waals surface area (Å²) in [7, 11) is 1.63. The van der Waals surface area contributed by atoms with Crippen LogP contribution in [0.25, 0.3) is 16.6 Å². The van der Waals surface area contributed by atoms with Crippen molar-refractivity contribution in [1.82, 2.24) is 24.9 Å². The number of rotatable bonds is 15. The molecule has 0 radical (unpaired) electrons. The van der Waals surface area contributed by atoms with Crippen molar-refractivity contribution in [2.75, 3.05) is 46.7 Å². The lowest BCUT2D eigenvalue weighted by Crippen LogP contribution is -2.27. The molecule has 2 aromatic heterocycles. The lowest BCUT2D eigenvalue weighted by atomic mass is 10.2. The van der Waals surface area contributed by atoms with Crippen molar-refractivity contribution < 1.29 is 19.0 Å². The Morgan fingerprint density at radius 1 is 0.944 bits per heavy atom. The zero-order valence-electron chi connectivity index (χ0n) is 21.7. The minimum Gasteiger partial charge on any atom is -0.382 e. The molecule has 3 rings (SSSR count). The summed E-state index contributed by atoms with van der Waals surface area (Å²) in [4.78, 5) is 25.2. The number of hydrogen-bond donors (Lipinski definition) is 1. The Kier molecular flexibility index (Phi) is 10.6. The molecule has 1 amide bonds. The van der Waals surface area contributed by atoms with E-state index in [1.54, 1.807) is 11.8 Å². The van der Waals surface area contributed by atoms with Gasteiger partial charge in [0.15, 0.2) is 5.52 Å². The first-order valence-electron chi connectivity index (χ1n) is 12.4. The van der Waals surface area contributed by atoms with Gasteiger partial charge in [0.1, 0.15) is 0 Å². The van der Waals surface area contributed by atoms with Crippen LogP contribution in [-0.2, 0) is 25.5 Å². The van der Waals surface area contributed by atoms with Gasteiger partial charge in [-0.05, 0) is 45.7 Å². The van der Waals surface area contributed by atoms with Crippen molar-refractivity contribution >= 4 is 16.8 Å². The summed E-state index contributed by atoms with van der Waals surface area (Å²) in [5.74, 6) is -0.0526. The largest absolute Gasteiger partial charge is 0.382 e. The lowest BCUT2D eigenvalue weighted by Gasteiger charge is -2.08. The average molecular weight is 500 g/mol. The first kappa shape index (κ1) is 27.5. The number of nitrogens with zero attached hydrogens (tertiary/aromatic N) is 4. The molecule has 0 spiro atoms. The van der Waals surface area contributed by atoms with Gasteiger partial charge >= 0.3 is 0 Å². The lowest BCUT2D eigenvalue weighted by molar-refractivity contribution is -0.121. The molecule has 196 valence electrons. The van der Waals surface area contributed by atoms with Gasteiger partial charge in [0, 0.05) is 33.2 Å². The van der Waals surface area contributed by atoms with Crippen LogP contribution >= 0.6 is 0 Å². The highest BCUT2D eigenvalue weighted by Crippen LogP contribution is 2.21. The topological polar surface area (TPSA) is 110 Å². The molecule has 0 saturated heterocycles. The van der Waals surface area contributed by atoms with Crippen LogP contribution in [0.1, 0.15) is 36.2 Å². The number of carbonyl (C=O) groups is 1.